The maximum absolute atomic E-state index is 12.1. The van der Waals surface area contributed by atoms with Gasteiger partial charge in [0.05, 0.1) is 16.0 Å². The number of hydrogen-bond acceptors (Lipinski definition) is 6. The highest BCUT2D eigenvalue weighted by Gasteiger charge is 2.13. The van der Waals surface area contributed by atoms with Crippen LogP contribution < -0.4 is 0 Å². The second-order valence-corrected chi connectivity index (χ2v) is 5.94. The van der Waals surface area contributed by atoms with Crippen LogP contribution in [0.4, 0.5) is 5.00 Å². The zero-order valence-electron chi connectivity index (χ0n) is 11.6. The van der Waals surface area contributed by atoms with Gasteiger partial charge in [0.1, 0.15) is 11.8 Å². The smallest absolute Gasteiger partial charge is 0.338 e. The zero-order valence-corrected chi connectivity index (χ0v) is 13.1. The van der Waals surface area contributed by atoms with E-state index in [0.29, 0.717) is 21.8 Å². The van der Waals surface area contributed by atoms with Gasteiger partial charge in [-0.25, -0.2) is 9.78 Å². The molecule has 6 nitrogen and oxygen atoms in total. The van der Waals surface area contributed by atoms with Crippen molar-refractivity contribution in [1.29, 1.82) is 0 Å². The summed E-state index contributed by atoms with van der Waals surface area (Å²) >= 11 is 6.81. The van der Waals surface area contributed by atoms with Crippen molar-refractivity contribution in [2.75, 3.05) is 0 Å². The number of carbonyl (C=O) groups excluding carboxylic acids is 1. The number of aromatic nitrogens is 1. The van der Waals surface area contributed by atoms with Gasteiger partial charge >= 0.3 is 11.0 Å². The van der Waals surface area contributed by atoms with Crippen molar-refractivity contribution in [3.63, 3.8) is 0 Å². The fourth-order valence-electron chi connectivity index (χ4n) is 1.99. The third-order valence-corrected chi connectivity index (χ3v) is 4.22. The Morgan fingerprint density at radius 1 is 1.30 bits per heavy atom. The maximum Gasteiger partial charge on any atom is 0.338 e. The Morgan fingerprint density at radius 2 is 2.13 bits per heavy atom. The lowest BCUT2D eigenvalue weighted by molar-refractivity contribution is -0.380. The van der Waals surface area contributed by atoms with Crippen LogP contribution >= 0.6 is 22.9 Å². The summed E-state index contributed by atoms with van der Waals surface area (Å²) < 4.78 is 5.18. The van der Waals surface area contributed by atoms with E-state index in [9.17, 15) is 14.9 Å². The number of nitro groups is 1. The molecule has 0 amide bonds. The van der Waals surface area contributed by atoms with Gasteiger partial charge in [0.15, 0.2) is 0 Å². The SMILES string of the molecule is O=C(OCc1csc([N+](=O)[O-])c1)c1ccc2nc(Cl)ccc2c1. The quantitative estimate of drug-likeness (QED) is 0.305. The fraction of sp³-hybridized carbons (Fsp3) is 0.0667. The van der Waals surface area contributed by atoms with E-state index in [4.69, 9.17) is 16.3 Å². The molecular formula is C15H9ClN2O4S. The number of halogens is 1. The van der Waals surface area contributed by atoms with E-state index in [1.807, 2.05) is 0 Å². The van der Waals surface area contributed by atoms with Crippen LogP contribution in [0.1, 0.15) is 15.9 Å². The van der Waals surface area contributed by atoms with E-state index >= 15 is 0 Å². The molecule has 0 N–H and O–H groups in total. The Labute approximate surface area is 139 Å². The highest BCUT2D eigenvalue weighted by Crippen LogP contribution is 2.23. The molecule has 0 aliphatic rings. The zero-order chi connectivity index (χ0) is 16.4. The standard InChI is InChI=1S/C15H9ClN2O4S/c16-13-4-2-10-6-11(1-3-12(10)17-13)15(19)22-7-9-5-14(18(20)21)23-8-9/h1-6,8H,7H2. The minimum atomic E-state index is -0.504. The molecule has 0 aliphatic heterocycles. The number of nitrogens with zero attached hydrogens (tertiary/aromatic N) is 2. The lowest BCUT2D eigenvalue weighted by atomic mass is 10.1. The van der Waals surface area contributed by atoms with E-state index in [-0.39, 0.29) is 11.6 Å². The van der Waals surface area contributed by atoms with E-state index in [0.717, 1.165) is 16.7 Å². The van der Waals surface area contributed by atoms with Gasteiger partial charge in [0.2, 0.25) is 0 Å². The van der Waals surface area contributed by atoms with Crippen LogP contribution in [0.2, 0.25) is 5.15 Å². The molecule has 8 heteroatoms. The van der Waals surface area contributed by atoms with Crippen molar-refractivity contribution in [2.24, 2.45) is 0 Å². The number of esters is 1. The average Bonchev–Trinajstić information content (AvgIpc) is 3.01. The van der Waals surface area contributed by atoms with E-state index < -0.39 is 10.9 Å². The molecular weight excluding hydrogens is 340 g/mol. The van der Waals surface area contributed by atoms with Crippen molar-refractivity contribution in [3.8, 4) is 0 Å². The number of ether oxygens (including phenoxy) is 1. The van der Waals surface area contributed by atoms with Gasteiger partial charge in [-0.2, -0.15) is 0 Å². The van der Waals surface area contributed by atoms with Crippen molar-refractivity contribution in [2.45, 2.75) is 6.61 Å². The number of thiophene rings is 1. The lowest BCUT2D eigenvalue weighted by Gasteiger charge is -2.04. The third-order valence-electron chi connectivity index (χ3n) is 3.08. The molecule has 0 unspecified atom stereocenters. The van der Waals surface area contributed by atoms with Gasteiger partial charge < -0.3 is 4.74 Å². The largest absolute Gasteiger partial charge is 0.457 e. The van der Waals surface area contributed by atoms with Gasteiger partial charge in [-0.3, -0.25) is 10.1 Å². The Morgan fingerprint density at radius 3 is 2.87 bits per heavy atom. The fourth-order valence-corrected chi connectivity index (χ4v) is 2.86. The van der Waals surface area contributed by atoms with E-state index in [1.165, 1.54) is 6.07 Å². The molecule has 0 aliphatic carbocycles. The first kappa shape index (κ1) is 15.4. The molecule has 0 atom stereocenters. The molecule has 0 saturated heterocycles. The van der Waals surface area contributed by atoms with Crippen LogP contribution in [0.3, 0.4) is 0 Å². The molecule has 2 aromatic heterocycles. The van der Waals surface area contributed by atoms with Crippen LogP contribution in [0, 0.1) is 10.1 Å². The Bertz CT molecular complexity index is 909. The first-order valence-electron chi connectivity index (χ1n) is 6.48. The normalized spacial score (nSPS) is 10.7. The van der Waals surface area contributed by atoms with Crippen LogP contribution in [0.15, 0.2) is 41.8 Å². The summed E-state index contributed by atoms with van der Waals surface area (Å²) in [5.41, 5.74) is 1.65. The van der Waals surface area contributed by atoms with Gasteiger partial charge in [-0.15, -0.1) is 0 Å². The van der Waals surface area contributed by atoms with Crippen LogP contribution in [0.5, 0.6) is 0 Å². The van der Waals surface area contributed by atoms with Crippen molar-refractivity contribution >= 4 is 44.8 Å². The molecule has 0 fully saturated rings. The summed E-state index contributed by atoms with van der Waals surface area (Å²) in [5, 5.41) is 13.4. The monoisotopic (exact) mass is 348 g/mol. The number of carbonyl (C=O) groups is 1. The molecule has 0 radical (unpaired) electrons. The highest BCUT2D eigenvalue weighted by molar-refractivity contribution is 7.13. The number of fused-ring (bicyclic) bond motifs is 1. The highest BCUT2D eigenvalue weighted by atomic mass is 35.5. The molecule has 1 aromatic carbocycles. The summed E-state index contributed by atoms with van der Waals surface area (Å²) in [6.07, 6.45) is 0. The Hall–Kier alpha value is -2.51. The predicted molar refractivity (Wildman–Crippen MR) is 86.8 cm³/mol. The Kier molecular flexibility index (Phi) is 4.22. The molecule has 0 bridgehead atoms. The molecule has 3 rings (SSSR count). The Balaban J connectivity index is 1.72. The minimum absolute atomic E-state index is 0.0138. The van der Waals surface area contributed by atoms with Crippen LogP contribution in [-0.2, 0) is 11.3 Å². The van der Waals surface area contributed by atoms with E-state index in [1.54, 1.807) is 35.7 Å². The van der Waals surface area contributed by atoms with Crippen LogP contribution in [0.25, 0.3) is 10.9 Å². The minimum Gasteiger partial charge on any atom is -0.457 e. The first-order chi connectivity index (χ1) is 11.0. The third kappa shape index (κ3) is 3.46. The summed E-state index contributed by atoms with van der Waals surface area (Å²) in [4.78, 5) is 26.4. The molecule has 116 valence electrons. The second kappa shape index (κ2) is 6.31. The number of pyridine rings is 1. The summed E-state index contributed by atoms with van der Waals surface area (Å²) in [7, 11) is 0. The summed E-state index contributed by atoms with van der Waals surface area (Å²) in [6, 6.07) is 9.76. The number of benzene rings is 1. The van der Waals surface area contributed by atoms with Crippen molar-refractivity contribution in [3.05, 3.63) is 68.2 Å². The molecule has 0 spiro atoms. The van der Waals surface area contributed by atoms with Gasteiger partial charge in [0.25, 0.3) is 0 Å². The molecule has 0 saturated carbocycles. The summed E-state index contributed by atoms with van der Waals surface area (Å²) in [6.45, 7) is -0.0138. The molecule has 23 heavy (non-hydrogen) atoms. The number of rotatable bonds is 4. The van der Waals surface area contributed by atoms with Gasteiger partial charge in [-0.05, 0) is 30.3 Å². The van der Waals surface area contributed by atoms with Gasteiger partial charge in [-0.1, -0.05) is 22.9 Å². The maximum atomic E-state index is 12.1. The second-order valence-electron chi connectivity index (χ2n) is 4.67. The molecule has 3 aromatic rings. The van der Waals surface area contributed by atoms with Crippen LogP contribution in [-0.4, -0.2) is 15.9 Å². The first-order valence-corrected chi connectivity index (χ1v) is 7.74. The van der Waals surface area contributed by atoms with Gasteiger partial charge in [0, 0.05) is 22.4 Å². The predicted octanol–water partition coefficient (Wildman–Crippen LogP) is 4.21. The summed E-state index contributed by atoms with van der Waals surface area (Å²) in [5.74, 6) is -0.504. The van der Waals surface area contributed by atoms with Crippen molar-refractivity contribution < 1.29 is 14.5 Å². The molecule has 2 heterocycles. The van der Waals surface area contributed by atoms with Crippen molar-refractivity contribution in [1.82, 2.24) is 4.98 Å². The number of hydrogen-bond donors (Lipinski definition) is 0. The van der Waals surface area contributed by atoms with E-state index in [2.05, 4.69) is 4.98 Å². The average molecular weight is 349 g/mol. The topological polar surface area (TPSA) is 82.3 Å². The lowest BCUT2D eigenvalue weighted by Crippen LogP contribution is -2.04.